The molecule has 1 amide bonds. The van der Waals surface area contributed by atoms with Gasteiger partial charge in [0.15, 0.2) is 0 Å². The van der Waals surface area contributed by atoms with Crippen LogP contribution in [0, 0.1) is 6.92 Å². The van der Waals surface area contributed by atoms with Crippen molar-refractivity contribution in [2.75, 3.05) is 5.73 Å². The van der Waals surface area contributed by atoms with E-state index in [1.165, 1.54) is 0 Å². The zero-order valence-electron chi connectivity index (χ0n) is 11.2. The average Bonchev–Trinajstić information content (AvgIpc) is 2.42. The number of carbonyl (C=O) groups excluding carboxylic acids is 1. The number of anilines is 1. The lowest BCUT2D eigenvalue weighted by molar-refractivity contribution is 0.0939. The number of benzene rings is 2. The molecule has 0 saturated heterocycles. The Morgan fingerprint density at radius 2 is 1.84 bits per heavy atom. The summed E-state index contributed by atoms with van der Waals surface area (Å²) in [7, 11) is 0. The van der Waals surface area contributed by atoms with E-state index in [-0.39, 0.29) is 11.9 Å². The molecule has 2 aromatic rings. The minimum atomic E-state index is -0.0962. The number of nitrogen functional groups attached to an aromatic ring is 1. The molecule has 3 N–H and O–H groups in total. The van der Waals surface area contributed by atoms with Gasteiger partial charge in [-0.2, -0.15) is 0 Å². The van der Waals surface area contributed by atoms with Gasteiger partial charge in [0.25, 0.3) is 5.91 Å². The number of nitrogens with two attached hydrogens (primary N) is 1. The van der Waals surface area contributed by atoms with Gasteiger partial charge in [-0.1, -0.05) is 36.4 Å². The molecule has 3 heteroatoms. The normalized spacial score (nSPS) is 11.9. The molecular formula is C16H18N2O. The first-order chi connectivity index (χ1) is 9.08. The highest BCUT2D eigenvalue weighted by atomic mass is 16.1. The van der Waals surface area contributed by atoms with Gasteiger partial charge >= 0.3 is 0 Å². The molecule has 0 spiro atoms. The Balaban J connectivity index is 2.15. The Bertz CT molecular complexity index is 579. The molecule has 98 valence electrons. The lowest BCUT2D eigenvalue weighted by atomic mass is 10.1. The summed E-state index contributed by atoms with van der Waals surface area (Å²) in [6.45, 7) is 3.87. The quantitative estimate of drug-likeness (QED) is 0.827. The molecule has 0 aliphatic carbocycles. The van der Waals surface area contributed by atoms with Crippen molar-refractivity contribution in [1.82, 2.24) is 5.32 Å². The van der Waals surface area contributed by atoms with Gasteiger partial charge in [0.05, 0.1) is 6.04 Å². The molecule has 0 heterocycles. The molecule has 0 saturated carbocycles. The molecule has 0 aliphatic heterocycles. The number of amides is 1. The van der Waals surface area contributed by atoms with E-state index in [4.69, 9.17) is 5.73 Å². The number of hydrogen-bond acceptors (Lipinski definition) is 2. The van der Waals surface area contributed by atoms with Crippen LogP contribution in [0.25, 0.3) is 0 Å². The Kier molecular flexibility index (Phi) is 3.85. The van der Waals surface area contributed by atoms with Crippen molar-refractivity contribution in [2.24, 2.45) is 0 Å². The average molecular weight is 254 g/mol. The first-order valence-electron chi connectivity index (χ1n) is 6.30. The lowest BCUT2D eigenvalue weighted by Crippen LogP contribution is -2.27. The molecule has 19 heavy (non-hydrogen) atoms. The standard InChI is InChI=1S/C16H18N2O/c1-11-8-9-14(17)10-15(11)16(19)18-12(2)13-6-4-3-5-7-13/h3-10,12H,17H2,1-2H3,(H,18,19). The first-order valence-corrected chi connectivity index (χ1v) is 6.30. The van der Waals surface area contributed by atoms with Crippen molar-refractivity contribution < 1.29 is 4.79 Å². The molecule has 2 rings (SSSR count). The van der Waals surface area contributed by atoms with Gasteiger partial charge in [-0.3, -0.25) is 4.79 Å². The van der Waals surface area contributed by atoms with Gasteiger partial charge in [-0.15, -0.1) is 0 Å². The summed E-state index contributed by atoms with van der Waals surface area (Å²) in [6.07, 6.45) is 0. The Hall–Kier alpha value is -2.29. The monoisotopic (exact) mass is 254 g/mol. The van der Waals surface area contributed by atoms with Crippen LogP contribution in [0.5, 0.6) is 0 Å². The van der Waals surface area contributed by atoms with E-state index in [0.717, 1.165) is 11.1 Å². The lowest BCUT2D eigenvalue weighted by Gasteiger charge is -2.15. The topological polar surface area (TPSA) is 55.1 Å². The van der Waals surface area contributed by atoms with Gasteiger partial charge in [0, 0.05) is 11.3 Å². The summed E-state index contributed by atoms with van der Waals surface area (Å²) in [5.41, 5.74) is 8.96. The van der Waals surface area contributed by atoms with Crippen LogP contribution in [0.15, 0.2) is 48.5 Å². The summed E-state index contributed by atoms with van der Waals surface area (Å²) in [4.78, 5) is 12.2. The molecule has 0 bridgehead atoms. The van der Waals surface area contributed by atoms with E-state index in [9.17, 15) is 4.79 Å². The van der Waals surface area contributed by atoms with E-state index in [2.05, 4.69) is 5.32 Å². The van der Waals surface area contributed by atoms with Crippen molar-refractivity contribution in [1.29, 1.82) is 0 Å². The number of carbonyl (C=O) groups is 1. The summed E-state index contributed by atoms with van der Waals surface area (Å²) >= 11 is 0. The maximum Gasteiger partial charge on any atom is 0.252 e. The second-order valence-electron chi connectivity index (χ2n) is 4.68. The van der Waals surface area contributed by atoms with Crippen LogP contribution in [0.1, 0.15) is 34.5 Å². The van der Waals surface area contributed by atoms with Crippen LogP contribution < -0.4 is 11.1 Å². The second kappa shape index (κ2) is 5.57. The molecule has 1 unspecified atom stereocenters. The largest absolute Gasteiger partial charge is 0.399 e. The maximum atomic E-state index is 12.2. The predicted molar refractivity (Wildman–Crippen MR) is 77.9 cm³/mol. The van der Waals surface area contributed by atoms with Crippen molar-refractivity contribution in [3.8, 4) is 0 Å². The van der Waals surface area contributed by atoms with Crippen molar-refractivity contribution >= 4 is 11.6 Å². The Labute approximate surface area is 113 Å². The maximum absolute atomic E-state index is 12.2. The third kappa shape index (κ3) is 3.13. The van der Waals surface area contributed by atoms with Gasteiger partial charge in [0.2, 0.25) is 0 Å². The predicted octanol–water partition coefficient (Wildman–Crippen LogP) is 3.07. The molecule has 3 nitrogen and oxygen atoms in total. The van der Waals surface area contributed by atoms with Crippen LogP contribution >= 0.6 is 0 Å². The molecule has 1 atom stereocenters. The van der Waals surface area contributed by atoms with Gasteiger partial charge < -0.3 is 11.1 Å². The van der Waals surface area contributed by atoms with E-state index in [1.54, 1.807) is 12.1 Å². The number of nitrogens with one attached hydrogen (secondary N) is 1. The van der Waals surface area contributed by atoms with Crippen LogP contribution in [0.3, 0.4) is 0 Å². The Morgan fingerprint density at radius 1 is 1.16 bits per heavy atom. The zero-order chi connectivity index (χ0) is 13.8. The third-order valence-electron chi connectivity index (χ3n) is 3.15. The minimum Gasteiger partial charge on any atom is -0.399 e. The van der Waals surface area contributed by atoms with Gasteiger partial charge in [-0.05, 0) is 37.1 Å². The zero-order valence-corrected chi connectivity index (χ0v) is 11.2. The summed E-state index contributed by atoms with van der Waals surface area (Å²) < 4.78 is 0. The van der Waals surface area contributed by atoms with Crippen LogP contribution in [0.2, 0.25) is 0 Å². The van der Waals surface area contributed by atoms with E-state index >= 15 is 0 Å². The molecule has 0 radical (unpaired) electrons. The minimum absolute atomic E-state index is 0.0328. The fourth-order valence-electron chi connectivity index (χ4n) is 1.98. The Morgan fingerprint density at radius 3 is 2.53 bits per heavy atom. The fraction of sp³-hybridized carbons (Fsp3) is 0.188. The summed E-state index contributed by atoms with van der Waals surface area (Å²) in [5, 5.41) is 2.99. The molecule has 0 fully saturated rings. The first kappa shape index (κ1) is 13.1. The molecular weight excluding hydrogens is 236 g/mol. The smallest absolute Gasteiger partial charge is 0.252 e. The van der Waals surface area contributed by atoms with Gasteiger partial charge in [0.1, 0.15) is 0 Å². The fourth-order valence-corrected chi connectivity index (χ4v) is 1.98. The van der Waals surface area contributed by atoms with Crippen LogP contribution in [-0.2, 0) is 0 Å². The van der Waals surface area contributed by atoms with E-state index in [0.29, 0.717) is 11.3 Å². The van der Waals surface area contributed by atoms with Crippen molar-refractivity contribution in [3.63, 3.8) is 0 Å². The third-order valence-corrected chi connectivity index (χ3v) is 3.15. The van der Waals surface area contributed by atoms with Gasteiger partial charge in [-0.25, -0.2) is 0 Å². The van der Waals surface area contributed by atoms with Crippen molar-refractivity contribution in [2.45, 2.75) is 19.9 Å². The molecule has 0 aliphatic rings. The number of rotatable bonds is 3. The second-order valence-corrected chi connectivity index (χ2v) is 4.68. The van der Waals surface area contributed by atoms with E-state index in [1.807, 2.05) is 50.2 Å². The summed E-state index contributed by atoms with van der Waals surface area (Å²) in [5.74, 6) is -0.0962. The summed E-state index contributed by atoms with van der Waals surface area (Å²) in [6, 6.07) is 15.2. The highest BCUT2D eigenvalue weighted by Gasteiger charge is 2.13. The van der Waals surface area contributed by atoms with Crippen LogP contribution in [-0.4, -0.2) is 5.91 Å². The molecule has 2 aromatic carbocycles. The number of aryl methyl sites for hydroxylation is 1. The van der Waals surface area contributed by atoms with Crippen molar-refractivity contribution in [3.05, 3.63) is 65.2 Å². The highest BCUT2D eigenvalue weighted by molar-refractivity contribution is 5.96. The SMILES string of the molecule is Cc1ccc(N)cc1C(=O)NC(C)c1ccccc1. The highest BCUT2D eigenvalue weighted by Crippen LogP contribution is 2.16. The van der Waals surface area contributed by atoms with Crippen LogP contribution in [0.4, 0.5) is 5.69 Å². The van der Waals surface area contributed by atoms with E-state index < -0.39 is 0 Å². The number of hydrogen-bond donors (Lipinski definition) is 2. The molecule has 0 aromatic heterocycles.